The molecule has 0 atom stereocenters. The van der Waals surface area contributed by atoms with Gasteiger partial charge in [0, 0.05) is 23.7 Å². The molecule has 1 aromatic carbocycles. The maximum atomic E-state index is 11.8. The van der Waals surface area contributed by atoms with Crippen molar-refractivity contribution in [3.05, 3.63) is 70.9 Å². The fraction of sp³-hybridized carbons (Fsp3) is 0.105. The summed E-state index contributed by atoms with van der Waals surface area (Å²) in [6, 6.07) is 12.1. The molecule has 1 amide bonds. The Morgan fingerprint density at radius 1 is 1.20 bits per heavy atom. The third kappa shape index (κ3) is 4.45. The van der Waals surface area contributed by atoms with Gasteiger partial charge in [-0.1, -0.05) is 17.9 Å². The van der Waals surface area contributed by atoms with Crippen molar-refractivity contribution in [1.29, 1.82) is 0 Å². The second-order valence-electron chi connectivity index (χ2n) is 5.03. The van der Waals surface area contributed by atoms with Crippen LogP contribution < -0.4 is 15.7 Å². The van der Waals surface area contributed by atoms with Gasteiger partial charge < -0.3 is 14.5 Å². The lowest BCUT2D eigenvalue weighted by atomic mass is 10.2. The van der Waals surface area contributed by atoms with Crippen LogP contribution in [0.3, 0.4) is 0 Å². The van der Waals surface area contributed by atoms with Crippen LogP contribution in [0.1, 0.15) is 10.4 Å². The molecule has 6 heteroatoms. The van der Waals surface area contributed by atoms with Crippen LogP contribution in [0.5, 0.6) is 5.75 Å². The number of nitrogens with one attached hydrogen (secondary N) is 1. The number of aromatic nitrogens is 1. The van der Waals surface area contributed by atoms with Gasteiger partial charge in [-0.15, -0.1) is 0 Å². The van der Waals surface area contributed by atoms with Crippen molar-refractivity contribution in [2.45, 2.75) is 0 Å². The molecule has 0 saturated carbocycles. The van der Waals surface area contributed by atoms with Crippen molar-refractivity contribution >= 4 is 16.8 Å². The van der Waals surface area contributed by atoms with Crippen molar-refractivity contribution in [2.75, 3.05) is 13.2 Å². The highest BCUT2D eigenvalue weighted by Gasteiger charge is 2.04. The van der Waals surface area contributed by atoms with Gasteiger partial charge >= 0.3 is 5.63 Å². The Kier molecular flexibility index (Phi) is 5.07. The quantitative estimate of drug-likeness (QED) is 0.738. The zero-order valence-corrected chi connectivity index (χ0v) is 13.2. The maximum Gasteiger partial charge on any atom is 0.335 e. The van der Waals surface area contributed by atoms with E-state index in [2.05, 4.69) is 26.6 Å². The number of carbonyl (C=O) groups excluding carboxylic acids is 1. The largest absolute Gasteiger partial charge is 0.481 e. The molecule has 0 saturated heterocycles. The fourth-order valence-corrected chi connectivity index (χ4v) is 2.08. The molecule has 2 heterocycles. The van der Waals surface area contributed by atoms with Crippen LogP contribution >= 0.6 is 0 Å². The summed E-state index contributed by atoms with van der Waals surface area (Å²) in [6.45, 7) is 0.370. The van der Waals surface area contributed by atoms with Crippen LogP contribution in [0.4, 0.5) is 0 Å². The van der Waals surface area contributed by atoms with Crippen molar-refractivity contribution in [3.63, 3.8) is 0 Å². The summed E-state index contributed by atoms with van der Waals surface area (Å²) in [4.78, 5) is 26.8. The Hall–Kier alpha value is -3.59. The van der Waals surface area contributed by atoms with Gasteiger partial charge in [0.1, 0.15) is 18.6 Å². The third-order valence-corrected chi connectivity index (χ3v) is 3.31. The molecule has 0 spiro atoms. The molecule has 0 aliphatic rings. The van der Waals surface area contributed by atoms with Crippen LogP contribution in [-0.2, 0) is 0 Å². The molecule has 0 unspecified atom stereocenters. The van der Waals surface area contributed by atoms with E-state index in [1.165, 1.54) is 12.1 Å². The lowest BCUT2D eigenvalue weighted by Gasteiger charge is -2.03. The monoisotopic (exact) mass is 334 g/mol. The Balaban J connectivity index is 1.47. The van der Waals surface area contributed by atoms with Gasteiger partial charge in [0.15, 0.2) is 0 Å². The number of benzene rings is 1. The lowest BCUT2D eigenvalue weighted by Crippen LogP contribution is -2.23. The van der Waals surface area contributed by atoms with Crippen LogP contribution in [0, 0.1) is 11.8 Å². The lowest BCUT2D eigenvalue weighted by molar-refractivity contribution is 0.0956. The van der Waals surface area contributed by atoms with E-state index < -0.39 is 5.63 Å². The number of carbonyl (C=O) groups is 1. The van der Waals surface area contributed by atoms with E-state index in [0.717, 1.165) is 17.2 Å². The van der Waals surface area contributed by atoms with Crippen molar-refractivity contribution in [3.8, 4) is 17.6 Å². The summed E-state index contributed by atoms with van der Waals surface area (Å²) in [7, 11) is 0. The van der Waals surface area contributed by atoms with E-state index in [-0.39, 0.29) is 24.6 Å². The van der Waals surface area contributed by atoms with E-state index in [1.807, 2.05) is 30.3 Å². The first-order valence-corrected chi connectivity index (χ1v) is 7.53. The van der Waals surface area contributed by atoms with Gasteiger partial charge in [0.2, 0.25) is 0 Å². The molecule has 3 aromatic rings. The molecule has 2 aromatic heterocycles. The molecule has 0 bridgehead atoms. The van der Waals surface area contributed by atoms with E-state index >= 15 is 0 Å². The van der Waals surface area contributed by atoms with Crippen LogP contribution in [0.2, 0.25) is 0 Å². The molecule has 6 nitrogen and oxygen atoms in total. The summed E-state index contributed by atoms with van der Waals surface area (Å²) < 4.78 is 10.2. The number of pyridine rings is 1. The standard InChI is InChI=1S/C19H14N2O4/c22-18-8-6-15(13-25-18)19(23)21-9-1-2-11-24-16-7-5-14-4-3-10-20-17(14)12-16/h3-8,10,12-13H,9,11H2,(H,21,23). The minimum absolute atomic E-state index is 0.167. The highest BCUT2D eigenvalue weighted by Crippen LogP contribution is 2.18. The predicted octanol–water partition coefficient (Wildman–Crippen LogP) is 2.00. The van der Waals surface area contributed by atoms with Crippen molar-refractivity contribution in [2.24, 2.45) is 0 Å². The molecule has 0 radical (unpaired) electrons. The fourth-order valence-electron chi connectivity index (χ4n) is 2.08. The first-order valence-electron chi connectivity index (χ1n) is 7.53. The van der Waals surface area contributed by atoms with Gasteiger partial charge in [0.25, 0.3) is 5.91 Å². The van der Waals surface area contributed by atoms with Gasteiger partial charge in [0.05, 0.1) is 17.6 Å². The molecule has 3 rings (SSSR count). The summed E-state index contributed by atoms with van der Waals surface area (Å²) in [5, 5.41) is 3.64. The Morgan fingerprint density at radius 3 is 2.96 bits per heavy atom. The zero-order chi connectivity index (χ0) is 17.5. The number of hydrogen-bond acceptors (Lipinski definition) is 5. The third-order valence-electron chi connectivity index (χ3n) is 3.31. The molecular formula is C19H14N2O4. The van der Waals surface area contributed by atoms with E-state index in [1.54, 1.807) is 6.20 Å². The van der Waals surface area contributed by atoms with E-state index in [4.69, 9.17) is 4.74 Å². The molecule has 1 N–H and O–H groups in total. The molecule has 0 aliphatic carbocycles. The van der Waals surface area contributed by atoms with Gasteiger partial charge in [-0.25, -0.2) is 4.79 Å². The molecule has 0 fully saturated rings. The number of fused-ring (bicyclic) bond motifs is 1. The first-order chi connectivity index (χ1) is 12.2. The Morgan fingerprint density at radius 2 is 2.12 bits per heavy atom. The SMILES string of the molecule is O=C(NCC#CCOc1ccc2cccnc2c1)c1ccc(=O)oc1. The number of hydrogen-bond donors (Lipinski definition) is 1. The number of ether oxygens (including phenoxy) is 1. The minimum atomic E-state index is -0.502. The molecule has 124 valence electrons. The average molecular weight is 334 g/mol. The van der Waals surface area contributed by atoms with Crippen molar-refractivity contribution < 1.29 is 13.9 Å². The highest BCUT2D eigenvalue weighted by molar-refractivity contribution is 5.93. The normalized spacial score (nSPS) is 9.92. The summed E-state index contributed by atoms with van der Waals surface area (Å²) >= 11 is 0. The smallest absolute Gasteiger partial charge is 0.335 e. The van der Waals surface area contributed by atoms with Crippen LogP contribution in [0.15, 0.2) is 64.1 Å². The Labute approximate surface area is 143 Å². The summed E-state index contributed by atoms with van der Waals surface area (Å²) in [5.41, 5.74) is 0.619. The molecule has 0 aliphatic heterocycles. The second kappa shape index (κ2) is 7.79. The Bertz CT molecular complexity index is 994. The predicted molar refractivity (Wildman–Crippen MR) is 92.3 cm³/mol. The number of amides is 1. The summed E-state index contributed by atoms with van der Waals surface area (Å²) in [5.74, 6) is 5.93. The number of rotatable bonds is 4. The molecule has 25 heavy (non-hydrogen) atoms. The van der Waals surface area contributed by atoms with Gasteiger partial charge in [-0.2, -0.15) is 0 Å². The van der Waals surface area contributed by atoms with Crippen LogP contribution in [0.25, 0.3) is 10.9 Å². The maximum absolute atomic E-state index is 11.8. The summed E-state index contributed by atoms with van der Waals surface area (Å²) in [6.07, 6.45) is 2.84. The average Bonchev–Trinajstić information content (AvgIpc) is 2.65. The van der Waals surface area contributed by atoms with Crippen molar-refractivity contribution in [1.82, 2.24) is 10.3 Å². The highest BCUT2D eigenvalue weighted by atomic mass is 16.5. The second-order valence-corrected chi connectivity index (χ2v) is 5.03. The molecular weight excluding hydrogens is 320 g/mol. The number of nitrogens with zero attached hydrogens (tertiary/aromatic N) is 1. The van der Waals surface area contributed by atoms with Gasteiger partial charge in [-0.05, 0) is 24.3 Å². The topological polar surface area (TPSA) is 81.4 Å². The first kappa shape index (κ1) is 16.3. The van der Waals surface area contributed by atoms with Gasteiger partial charge in [-0.3, -0.25) is 9.78 Å². The van der Waals surface area contributed by atoms with E-state index in [9.17, 15) is 9.59 Å². The van der Waals surface area contributed by atoms with E-state index in [0.29, 0.717) is 5.75 Å². The van der Waals surface area contributed by atoms with Crippen LogP contribution in [-0.4, -0.2) is 24.0 Å². The zero-order valence-electron chi connectivity index (χ0n) is 13.2. The minimum Gasteiger partial charge on any atom is -0.481 e.